The molecule has 0 spiro atoms. The lowest BCUT2D eigenvalue weighted by Gasteiger charge is -2.46. The van der Waals surface area contributed by atoms with E-state index in [4.69, 9.17) is 23.7 Å². The second-order valence-electron chi connectivity index (χ2n) is 13.0. The standard InChI is InChI=1S/C38H44N2O9/c1-7-22(2)34(42)39-30-14-11-19-40(30)35(43)33-31(24-12-9-8-10-13-24)38(25-15-17-26(45-4)18-16-25)36(48-23(3)41)37(33,44)32-28(47-6)20-27(46-5)21-29(32)49-38/h8-10,12-13,15-18,20-22,30-31,33,36,44H,7,11,14,19H2,1-6H3,(H,39,42)/t22-,30-,31-,33+,36+,37-,38-/m0/s1. The molecule has 2 fully saturated rings. The predicted molar refractivity (Wildman–Crippen MR) is 179 cm³/mol. The Morgan fingerprint density at radius 2 is 1.69 bits per heavy atom. The Labute approximate surface area is 286 Å². The highest BCUT2D eigenvalue weighted by atomic mass is 16.6. The molecule has 1 aliphatic carbocycles. The van der Waals surface area contributed by atoms with Gasteiger partial charge in [0.1, 0.15) is 29.2 Å². The van der Waals surface area contributed by atoms with Crippen LogP contribution in [0.5, 0.6) is 23.0 Å². The number of carbonyl (C=O) groups is 3. The summed E-state index contributed by atoms with van der Waals surface area (Å²) >= 11 is 0. The van der Waals surface area contributed by atoms with Crippen LogP contribution in [0.3, 0.4) is 0 Å². The number of likely N-dealkylation sites (tertiary alicyclic amines) is 1. The summed E-state index contributed by atoms with van der Waals surface area (Å²) in [5, 5.41) is 16.6. The van der Waals surface area contributed by atoms with E-state index in [0.29, 0.717) is 48.4 Å². The molecular formula is C38H44N2O9. The Balaban J connectivity index is 1.66. The van der Waals surface area contributed by atoms with Gasteiger partial charge in [-0.2, -0.15) is 0 Å². The molecule has 6 rings (SSSR count). The SMILES string of the molecule is CC[C@H](C)C(=O)N[C@@H]1CCCN1C(=O)[C@H]1[C@H](c2ccccc2)[C@]2(c3ccc(OC)cc3)Oc3cc(OC)cc(OC)c3[C@@]1(O)[C@H]2OC(C)=O. The molecule has 11 nitrogen and oxygen atoms in total. The van der Waals surface area contributed by atoms with E-state index in [-0.39, 0.29) is 28.9 Å². The number of ether oxygens (including phenoxy) is 5. The molecule has 0 aromatic heterocycles. The molecular weight excluding hydrogens is 628 g/mol. The number of fused-ring (bicyclic) bond motifs is 4. The van der Waals surface area contributed by atoms with Crippen molar-refractivity contribution in [2.75, 3.05) is 27.9 Å². The van der Waals surface area contributed by atoms with Crippen molar-refractivity contribution in [3.8, 4) is 23.0 Å². The normalized spacial score (nSPS) is 27.4. The number of esters is 1. The summed E-state index contributed by atoms with van der Waals surface area (Å²) in [6.07, 6.45) is -0.147. The van der Waals surface area contributed by atoms with Crippen LogP contribution in [0.4, 0.5) is 0 Å². The van der Waals surface area contributed by atoms with Crippen molar-refractivity contribution >= 4 is 17.8 Å². The van der Waals surface area contributed by atoms with E-state index in [9.17, 15) is 14.7 Å². The summed E-state index contributed by atoms with van der Waals surface area (Å²) in [4.78, 5) is 43.2. The number of benzene rings is 3. The molecule has 0 radical (unpaired) electrons. The molecule has 2 heterocycles. The van der Waals surface area contributed by atoms with Crippen LogP contribution < -0.4 is 24.3 Å². The Morgan fingerprint density at radius 1 is 1.00 bits per heavy atom. The molecule has 3 aromatic rings. The average molecular weight is 673 g/mol. The topological polar surface area (TPSA) is 133 Å². The van der Waals surface area contributed by atoms with E-state index in [1.165, 1.54) is 21.1 Å². The first-order valence-corrected chi connectivity index (χ1v) is 16.7. The number of hydrogen-bond donors (Lipinski definition) is 2. The largest absolute Gasteiger partial charge is 0.497 e. The predicted octanol–water partition coefficient (Wildman–Crippen LogP) is 4.64. The quantitative estimate of drug-likeness (QED) is 0.296. The van der Waals surface area contributed by atoms with Crippen LogP contribution in [0.25, 0.3) is 0 Å². The van der Waals surface area contributed by atoms with Gasteiger partial charge in [-0.05, 0) is 37.0 Å². The number of carbonyl (C=O) groups excluding carboxylic acids is 3. The Bertz CT molecular complexity index is 1710. The number of rotatable bonds is 10. The monoisotopic (exact) mass is 672 g/mol. The minimum Gasteiger partial charge on any atom is -0.497 e. The van der Waals surface area contributed by atoms with Crippen molar-refractivity contribution in [2.45, 2.75) is 69.4 Å². The van der Waals surface area contributed by atoms with Crippen LogP contribution in [-0.4, -0.2) is 67.9 Å². The summed E-state index contributed by atoms with van der Waals surface area (Å²) in [5.41, 5.74) is -2.40. The first kappa shape index (κ1) is 34.1. The smallest absolute Gasteiger partial charge is 0.303 e. The van der Waals surface area contributed by atoms with Crippen LogP contribution in [0.1, 0.15) is 62.6 Å². The van der Waals surface area contributed by atoms with Crippen LogP contribution >= 0.6 is 0 Å². The zero-order valence-corrected chi connectivity index (χ0v) is 28.7. The third-order valence-electron chi connectivity index (χ3n) is 10.4. The zero-order chi connectivity index (χ0) is 35.1. The van der Waals surface area contributed by atoms with E-state index in [0.717, 1.165) is 0 Å². The van der Waals surface area contributed by atoms with Crippen molar-refractivity contribution in [1.29, 1.82) is 0 Å². The lowest BCUT2D eigenvalue weighted by molar-refractivity contribution is -0.196. The molecule has 2 N–H and O–H groups in total. The maximum Gasteiger partial charge on any atom is 0.303 e. The first-order chi connectivity index (χ1) is 23.5. The minimum atomic E-state index is -2.18. The van der Waals surface area contributed by atoms with Crippen molar-refractivity contribution < 1.29 is 43.2 Å². The molecule has 49 heavy (non-hydrogen) atoms. The minimum absolute atomic E-state index is 0.148. The number of methoxy groups -OCH3 is 3. The maximum atomic E-state index is 15.4. The number of hydrogen-bond acceptors (Lipinski definition) is 9. The van der Waals surface area contributed by atoms with Gasteiger partial charge in [-0.25, -0.2) is 0 Å². The maximum absolute atomic E-state index is 15.4. The summed E-state index contributed by atoms with van der Waals surface area (Å²) in [7, 11) is 4.52. The number of amides is 2. The third kappa shape index (κ3) is 5.44. The van der Waals surface area contributed by atoms with Crippen LogP contribution in [-0.2, 0) is 30.3 Å². The molecule has 260 valence electrons. The summed E-state index contributed by atoms with van der Waals surface area (Å²) < 4.78 is 30.2. The fraction of sp³-hybridized carbons (Fsp3) is 0.447. The van der Waals surface area contributed by atoms with Crippen LogP contribution in [0, 0.1) is 11.8 Å². The average Bonchev–Trinajstić information content (AvgIpc) is 3.63. The summed E-state index contributed by atoms with van der Waals surface area (Å²) in [6, 6.07) is 19.7. The highest BCUT2D eigenvalue weighted by molar-refractivity contribution is 5.86. The first-order valence-electron chi connectivity index (χ1n) is 16.7. The van der Waals surface area contributed by atoms with Gasteiger partial charge in [0.25, 0.3) is 0 Å². The fourth-order valence-electron chi connectivity index (χ4n) is 7.93. The Hall–Kier alpha value is -4.77. The molecule has 3 aromatic carbocycles. The van der Waals surface area contributed by atoms with E-state index in [1.807, 2.05) is 44.2 Å². The van der Waals surface area contributed by atoms with Gasteiger partial charge in [0.05, 0.1) is 32.8 Å². The number of nitrogens with one attached hydrogen (secondary N) is 1. The van der Waals surface area contributed by atoms with E-state index < -0.39 is 47.2 Å². The van der Waals surface area contributed by atoms with Gasteiger partial charge in [-0.1, -0.05) is 56.3 Å². The molecule has 1 saturated carbocycles. The second kappa shape index (κ2) is 13.3. The highest BCUT2D eigenvalue weighted by Gasteiger charge is 2.78. The van der Waals surface area contributed by atoms with Crippen molar-refractivity contribution in [3.05, 3.63) is 83.4 Å². The lowest BCUT2D eigenvalue weighted by atomic mass is 9.75. The summed E-state index contributed by atoms with van der Waals surface area (Å²) in [6.45, 7) is 5.41. The van der Waals surface area contributed by atoms with Crippen LogP contribution in [0.2, 0.25) is 0 Å². The Morgan fingerprint density at radius 3 is 2.31 bits per heavy atom. The van der Waals surface area contributed by atoms with Gasteiger partial charge in [0.2, 0.25) is 11.8 Å². The molecule has 7 atom stereocenters. The molecule has 2 amide bonds. The zero-order valence-electron chi connectivity index (χ0n) is 28.7. The summed E-state index contributed by atoms with van der Waals surface area (Å²) in [5.74, 6) is -2.24. The van der Waals surface area contributed by atoms with Crippen molar-refractivity contribution in [2.24, 2.45) is 11.8 Å². The van der Waals surface area contributed by atoms with Crippen LogP contribution in [0.15, 0.2) is 66.7 Å². The lowest BCUT2D eigenvalue weighted by Crippen LogP contribution is -2.57. The molecule has 11 heteroatoms. The molecule has 0 unspecified atom stereocenters. The van der Waals surface area contributed by atoms with Crippen molar-refractivity contribution in [3.63, 3.8) is 0 Å². The number of aliphatic hydroxyl groups is 1. The van der Waals surface area contributed by atoms with Gasteiger partial charge >= 0.3 is 5.97 Å². The van der Waals surface area contributed by atoms with Gasteiger partial charge < -0.3 is 39.0 Å². The molecule has 3 aliphatic rings. The van der Waals surface area contributed by atoms with Gasteiger partial charge in [-0.15, -0.1) is 0 Å². The molecule has 2 aliphatic heterocycles. The van der Waals surface area contributed by atoms with Crippen molar-refractivity contribution in [1.82, 2.24) is 10.2 Å². The molecule has 1 saturated heterocycles. The van der Waals surface area contributed by atoms with E-state index in [2.05, 4.69) is 5.32 Å². The highest BCUT2D eigenvalue weighted by Crippen LogP contribution is 2.69. The fourth-order valence-corrected chi connectivity index (χ4v) is 7.93. The third-order valence-corrected chi connectivity index (χ3v) is 10.4. The van der Waals surface area contributed by atoms with Gasteiger partial charge in [-0.3, -0.25) is 14.4 Å². The van der Waals surface area contributed by atoms with E-state index >= 15 is 4.79 Å². The van der Waals surface area contributed by atoms with E-state index in [1.54, 1.807) is 48.4 Å². The Kier molecular flexibility index (Phi) is 9.23. The molecule has 2 bridgehead atoms. The number of nitrogens with zero attached hydrogens (tertiary/aromatic N) is 1. The van der Waals surface area contributed by atoms with Gasteiger partial charge in [0.15, 0.2) is 17.3 Å². The second-order valence-corrected chi connectivity index (χ2v) is 13.0. The van der Waals surface area contributed by atoms with Gasteiger partial charge in [0, 0.05) is 43.0 Å².